The summed E-state index contributed by atoms with van der Waals surface area (Å²) in [5.41, 5.74) is 13.7. The van der Waals surface area contributed by atoms with Gasteiger partial charge < -0.3 is 10.6 Å². The number of nitrogens with two attached hydrogens (primary N) is 1. The second kappa shape index (κ2) is 3.97. The number of benzene rings is 2. The predicted molar refractivity (Wildman–Crippen MR) is 80.4 cm³/mol. The molecule has 0 amide bonds. The molecule has 2 nitrogen and oxygen atoms in total. The molecular weight excluding hydrogens is 232 g/mol. The minimum Gasteiger partial charge on any atom is -0.340 e. The van der Waals surface area contributed by atoms with Crippen LogP contribution in [0.4, 0.5) is 11.4 Å². The van der Waals surface area contributed by atoms with Crippen LogP contribution in [0.1, 0.15) is 22.3 Å². The van der Waals surface area contributed by atoms with Crippen molar-refractivity contribution < 1.29 is 0 Å². The van der Waals surface area contributed by atoms with E-state index in [0.717, 1.165) is 13.0 Å². The van der Waals surface area contributed by atoms with Gasteiger partial charge in [0.15, 0.2) is 0 Å². The first-order valence-electron chi connectivity index (χ1n) is 6.77. The minimum atomic E-state index is 0.597. The maximum absolute atomic E-state index is 5.75. The predicted octanol–water partition coefficient (Wildman–Crippen LogP) is 3.32. The summed E-state index contributed by atoms with van der Waals surface area (Å²) in [5, 5.41) is 0. The molecule has 0 spiro atoms. The Balaban J connectivity index is 1.96. The fourth-order valence-corrected chi connectivity index (χ4v) is 3.15. The molecule has 0 aliphatic carbocycles. The molecule has 2 aliphatic heterocycles. The normalized spacial score (nSPS) is 15.1. The van der Waals surface area contributed by atoms with Crippen LogP contribution in [0.5, 0.6) is 0 Å². The van der Waals surface area contributed by atoms with Crippen molar-refractivity contribution in [1.29, 1.82) is 0 Å². The van der Waals surface area contributed by atoms with Crippen LogP contribution < -0.4 is 10.6 Å². The number of para-hydroxylation sites is 1. The Morgan fingerprint density at radius 3 is 2.84 bits per heavy atom. The minimum absolute atomic E-state index is 0.597. The van der Waals surface area contributed by atoms with Crippen molar-refractivity contribution in [2.45, 2.75) is 13.0 Å². The van der Waals surface area contributed by atoms with Gasteiger partial charge in [0.25, 0.3) is 0 Å². The van der Waals surface area contributed by atoms with Crippen molar-refractivity contribution in [3.8, 4) is 0 Å². The van der Waals surface area contributed by atoms with Gasteiger partial charge in [0, 0.05) is 18.8 Å². The van der Waals surface area contributed by atoms with Gasteiger partial charge in [-0.1, -0.05) is 36.4 Å². The van der Waals surface area contributed by atoms with Crippen LogP contribution in [-0.4, -0.2) is 6.54 Å². The Morgan fingerprint density at radius 2 is 1.95 bits per heavy atom. The van der Waals surface area contributed by atoms with Crippen LogP contribution in [0.2, 0.25) is 0 Å². The first-order valence-corrected chi connectivity index (χ1v) is 6.77. The van der Waals surface area contributed by atoms with Gasteiger partial charge in [-0.15, -0.1) is 0 Å². The Hall–Kier alpha value is -2.06. The summed E-state index contributed by atoms with van der Waals surface area (Å²) in [4.78, 5) is 2.44. The van der Waals surface area contributed by atoms with Gasteiger partial charge >= 0.3 is 0 Å². The highest BCUT2D eigenvalue weighted by atomic mass is 15.2. The van der Waals surface area contributed by atoms with E-state index in [1.807, 2.05) is 0 Å². The average molecular weight is 248 g/mol. The lowest BCUT2D eigenvalue weighted by Gasteiger charge is -2.22. The van der Waals surface area contributed by atoms with Crippen LogP contribution in [0.25, 0.3) is 12.2 Å². The lowest BCUT2D eigenvalue weighted by Crippen LogP contribution is -2.14. The molecule has 2 aromatic carbocycles. The SMILES string of the molecule is NCc1ccc2c(c1)C=Cc1cccc3c1N2CC3. The van der Waals surface area contributed by atoms with E-state index in [1.165, 1.54) is 33.6 Å². The number of nitrogens with zero attached hydrogens (tertiary/aromatic N) is 1. The molecule has 4 rings (SSSR count). The lowest BCUT2D eigenvalue weighted by molar-refractivity contribution is 0.993. The van der Waals surface area contributed by atoms with Crippen LogP contribution in [0.3, 0.4) is 0 Å². The fraction of sp³-hybridized carbons (Fsp3) is 0.176. The number of hydrogen-bond acceptors (Lipinski definition) is 2. The molecule has 2 heteroatoms. The summed E-state index contributed by atoms with van der Waals surface area (Å²) in [6.07, 6.45) is 5.57. The van der Waals surface area contributed by atoms with Crippen molar-refractivity contribution >= 4 is 23.5 Å². The van der Waals surface area contributed by atoms with E-state index in [2.05, 4.69) is 53.5 Å². The number of anilines is 2. The van der Waals surface area contributed by atoms with Gasteiger partial charge in [-0.25, -0.2) is 0 Å². The van der Waals surface area contributed by atoms with E-state index in [1.54, 1.807) is 0 Å². The Kier molecular flexibility index (Phi) is 2.26. The van der Waals surface area contributed by atoms with Crippen molar-refractivity contribution in [3.05, 3.63) is 58.7 Å². The summed E-state index contributed by atoms with van der Waals surface area (Å²) in [5.74, 6) is 0. The highest BCUT2D eigenvalue weighted by Crippen LogP contribution is 2.42. The van der Waals surface area contributed by atoms with E-state index in [4.69, 9.17) is 5.73 Å². The van der Waals surface area contributed by atoms with E-state index in [-0.39, 0.29) is 0 Å². The molecule has 0 fully saturated rings. The summed E-state index contributed by atoms with van der Waals surface area (Å²) in [6, 6.07) is 13.1. The lowest BCUT2D eigenvalue weighted by atomic mass is 10.1. The Labute approximate surface area is 113 Å². The van der Waals surface area contributed by atoms with Crippen molar-refractivity contribution in [2.75, 3.05) is 11.4 Å². The molecule has 2 aromatic rings. The second-order valence-electron chi connectivity index (χ2n) is 5.19. The molecule has 0 aromatic heterocycles. The zero-order valence-electron chi connectivity index (χ0n) is 10.8. The number of rotatable bonds is 1. The second-order valence-corrected chi connectivity index (χ2v) is 5.19. The molecule has 2 N–H and O–H groups in total. The highest BCUT2D eigenvalue weighted by molar-refractivity contribution is 5.91. The third kappa shape index (κ3) is 1.53. The van der Waals surface area contributed by atoms with Gasteiger partial charge in [0.05, 0.1) is 5.69 Å². The Morgan fingerprint density at radius 1 is 1.05 bits per heavy atom. The van der Waals surface area contributed by atoms with Crippen LogP contribution in [0, 0.1) is 0 Å². The average Bonchev–Trinajstić information content (AvgIpc) is 2.81. The largest absolute Gasteiger partial charge is 0.340 e. The molecule has 94 valence electrons. The first kappa shape index (κ1) is 10.8. The summed E-state index contributed by atoms with van der Waals surface area (Å²) in [7, 11) is 0. The van der Waals surface area contributed by atoms with Gasteiger partial charge in [-0.3, -0.25) is 0 Å². The maximum atomic E-state index is 5.75. The first-order chi connectivity index (χ1) is 9.36. The summed E-state index contributed by atoms with van der Waals surface area (Å²) >= 11 is 0. The Bertz CT molecular complexity index is 686. The molecule has 2 aliphatic rings. The van der Waals surface area contributed by atoms with Gasteiger partial charge in [-0.05, 0) is 40.8 Å². The molecule has 2 heterocycles. The molecule has 0 saturated heterocycles. The molecule has 19 heavy (non-hydrogen) atoms. The van der Waals surface area contributed by atoms with Crippen LogP contribution >= 0.6 is 0 Å². The number of fused-ring (bicyclic) bond motifs is 2. The van der Waals surface area contributed by atoms with Crippen molar-refractivity contribution in [2.24, 2.45) is 5.73 Å². The zero-order valence-corrected chi connectivity index (χ0v) is 10.8. The quantitative estimate of drug-likeness (QED) is 0.838. The van der Waals surface area contributed by atoms with Crippen LogP contribution in [0.15, 0.2) is 36.4 Å². The standard InChI is InChI=1S/C17H16N2/c18-11-12-4-7-16-15(10-12)6-5-13-2-1-3-14-8-9-19(16)17(13)14/h1-7,10H,8-9,11,18H2. The van der Waals surface area contributed by atoms with Crippen molar-refractivity contribution in [3.63, 3.8) is 0 Å². The topological polar surface area (TPSA) is 29.3 Å². The zero-order chi connectivity index (χ0) is 12.8. The van der Waals surface area contributed by atoms with E-state index in [0.29, 0.717) is 6.54 Å². The van der Waals surface area contributed by atoms with Gasteiger partial charge in [-0.2, -0.15) is 0 Å². The van der Waals surface area contributed by atoms with E-state index >= 15 is 0 Å². The molecule has 0 unspecified atom stereocenters. The van der Waals surface area contributed by atoms with Crippen LogP contribution in [-0.2, 0) is 13.0 Å². The molecular formula is C17H16N2. The van der Waals surface area contributed by atoms with Gasteiger partial charge in [0.2, 0.25) is 0 Å². The smallest absolute Gasteiger partial charge is 0.0517 e. The number of hydrogen-bond donors (Lipinski definition) is 1. The molecule has 0 bridgehead atoms. The van der Waals surface area contributed by atoms with E-state index in [9.17, 15) is 0 Å². The van der Waals surface area contributed by atoms with E-state index < -0.39 is 0 Å². The van der Waals surface area contributed by atoms with Gasteiger partial charge in [0.1, 0.15) is 0 Å². The maximum Gasteiger partial charge on any atom is 0.0517 e. The summed E-state index contributed by atoms with van der Waals surface area (Å²) in [6.45, 7) is 1.67. The summed E-state index contributed by atoms with van der Waals surface area (Å²) < 4.78 is 0. The fourth-order valence-electron chi connectivity index (χ4n) is 3.15. The van der Waals surface area contributed by atoms with Crippen molar-refractivity contribution in [1.82, 2.24) is 0 Å². The molecule has 0 saturated carbocycles. The third-order valence-corrected chi connectivity index (χ3v) is 4.09. The molecule has 0 atom stereocenters. The monoisotopic (exact) mass is 248 g/mol. The molecule has 0 radical (unpaired) electrons. The third-order valence-electron chi connectivity index (χ3n) is 4.09. The highest BCUT2D eigenvalue weighted by Gasteiger charge is 2.25.